The van der Waals surface area contributed by atoms with Gasteiger partial charge in [-0.05, 0) is 17.0 Å². The van der Waals surface area contributed by atoms with E-state index in [9.17, 15) is 0 Å². The molecular weight excluding hydrogens is 262 g/mol. The van der Waals surface area contributed by atoms with Gasteiger partial charge in [-0.3, -0.25) is 5.10 Å². The molecule has 0 aliphatic heterocycles. The Hall–Kier alpha value is -2.56. The Kier molecular flexibility index (Phi) is 3.25. The largest absolute Gasteiger partial charge is 0.382 e. The fourth-order valence-corrected chi connectivity index (χ4v) is 2.45. The smallest absolute Gasteiger partial charge is 0.158 e. The highest BCUT2D eigenvalue weighted by Crippen LogP contribution is 2.34. The highest BCUT2D eigenvalue weighted by molar-refractivity contribution is 5.85. The van der Waals surface area contributed by atoms with E-state index >= 15 is 0 Å². The van der Waals surface area contributed by atoms with Crippen molar-refractivity contribution in [2.75, 3.05) is 5.73 Å². The Morgan fingerprint density at radius 1 is 1.19 bits per heavy atom. The predicted molar refractivity (Wildman–Crippen MR) is 84.7 cm³/mol. The van der Waals surface area contributed by atoms with Crippen molar-refractivity contribution in [3.05, 3.63) is 42.2 Å². The van der Waals surface area contributed by atoms with Crippen molar-refractivity contribution in [1.29, 1.82) is 0 Å². The molecule has 2 heterocycles. The maximum atomic E-state index is 6.05. The van der Waals surface area contributed by atoms with Gasteiger partial charge in [0.05, 0.1) is 5.56 Å². The summed E-state index contributed by atoms with van der Waals surface area (Å²) in [6.45, 7) is 4.36. The van der Waals surface area contributed by atoms with E-state index < -0.39 is 0 Å². The first-order chi connectivity index (χ1) is 10.1. The molecular formula is C16H19N5. The van der Waals surface area contributed by atoms with Gasteiger partial charge in [-0.1, -0.05) is 38.1 Å². The van der Waals surface area contributed by atoms with Crippen molar-refractivity contribution in [3.8, 4) is 22.6 Å². The lowest BCUT2D eigenvalue weighted by Crippen LogP contribution is -1.95. The summed E-state index contributed by atoms with van der Waals surface area (Å²) in [6.07, 6.45) is 3.66. The number of imidazole rings is 1. The van der Waals surface area contributed by atoms with Gasteiger partial charge in [-0.15, -0.1) is 0 Å². The van der Waals surface area contributed by atoms with Crippen molar-refractivity contribution in [2.24, 2.45) is 7.05 Å². The summed E-state index contributed by atoms with van der Waals surface area (Å²) in [5.41, 5.74) is 10.1. The van der Waals surface area contributed by atoms with Gasteiger partial charge in [0.25, 0.3) is 0 Å². The van der Waals surface area contributed by atoms with E-state index in [4.69, 9.17) is 5.73 Å². The third-order valence-corrected chi connectivity index (χ3v) is 3.71. The molecule has 0 spiro atoms. The van der Waals surface area contributed by atoms with Crippen LogP contribution in [0.3, 0.4) is 0 Å². The molecule has 0 aliphatic carbocycles. The second-order valence-electron chi connectivity index (χ2n) is 5.50. The molecule has 3 rings (SSSR count). The number of H-pyrrole nitrogens is 1. The number of nitrogen functional groups attached to an aromatic ring is 1. The molecule has 21 heavy (non-hydrogen) atoms. The second kappa shape index (κ2) is 5.09. The molecule has 0 radical (unpaired) electrons. The van der Waals surface area contributed by atoms with Crippen LogP contribution >= 0.6 is 0 Å². The third kappa shape index (κ3) is 2.31. The monoisotopic (exact) mass is 281 g/mol. The van der Waals surface area contributed by atoms with E-state index in [0.29, 0.717) is 11.7 Å². The highest BCUT2D eigenvalue weighted by Gasteiger charge is 2.17. The number of nitrogens with one attached hydrogen (secondary N) is 1. The summed E-state index contributed by atoms with van der Waals surface area (Å²) in [6, 6.07) is 8.44. The van der Waals surface area contributed by atoms with Crippen LogP contribution in [0.4, 0.5) is 5.82 Å². The second-order valence-corrected chi connectivity index (χ2v) is 5.50. The fourth-order valence-electron chi connectivity index (χ4n) is 2.45. The van der Waals surface area contributed by atoms with Crippen molar-refractivity contribution in [2.45, 2.75) is 19.8 Å². The quantitative estimate of drug-likeness (QED) is 0.774. The lowest BCUT2D eigenvalue weighted by atomic mass is 9.98. The topological polar surface area (TPSA) is 72.5 Å². The Labute approximate surface area is 123 Å². The molecule has 3 aromatic rings. The average molecular weight is 281 g/mol. The lowest BCUT2D eigenvalue weighted by molar-refractivity contribution is 0.867. The number of rotatable bonds is 3. The van der Waals surface area contributed by atoms with E-state index in [-0.39, 0.29) is 0 Å². The molecule has 0 aliphatic rings. The van der Waals surface area contributed by atoms with E-state index in [0.717, 1.165) is 22.6 Å². The van der Waals surface area contributed by atoms with E-state index in [2.05, 4.69) is 53.3 Å². The van der Waals surface area contributed by atoms with Gasteiger partial charge in [0.15, 0.2) is 11.6 Å². The lowest BCUT2D eigenvalue weighted by Gasteiger charge is -2.08. The minimum atomic E-state index is 0.491. The summed E-state index contributed by atoms with van der Waals surface area (Å²) >= 11 is 0. The van der Waals surface area contributed by atoms with Crippen LogP contribution in [0.25, 0.3) is 22.6 Å². The summed E-state index contributed by atoms with van der Waals surface area (Å²) < 4.78 is 1.94. The molecule has 108 valence electrons. The number of aromatic amines is 1. The number of benzene rings is 1. The number of aromatic nitrogens is 4. The molecule has 0 saturated carbocycles. The Morgan fingerprint density at radius 2 is 1.90 bits per heavy atom. The van der Waals surface area contributed by atoms with Crippen molar-refractivity contribution in [3.63, 3.8) is 0 Å². The van der Waals surface area contributed by atoms with Gasteiger partial charge in [-0.25, -0.2) is 4.98 Å². The van der Waals surface area contributed by atoms with E-state index in [1.165, 1.54) is 5.56 Å². The summed E-state index contributed by atoms with van der Waals surface area (Å²) in [5.74, 6) is 1.82. The van der Waals surface area contributed by atoms with Gasteiger partial charge in [0.2, 0.25) is 0 Å². The third-order valence-electron chi connectivity index (χ3n) is 3.71. The fraction of sp³-hybridized carbons (Fsp3) is 0.250. The molecule has 2 aromatic heterocycles. The number of hydrogen-bond donors (Lipinski definition) is 2. The molecule has 0 unspecified atom stereocenters. The zero-order valence-electron chi connectivity index (χ0n) is 12.5. The van der Waals surface area contributed by atoms with Gasteiger partial charge >= 0.3 is 0 Å². The molecule has 3 N–H and O–H groups in total. The standard InChI is InChI=1S/C16H19N5/c1-10(2)11-4-6-12(7-5-11)13-14(19-20-15(13)17)16-18-8-9-21(16)3/h4-10H,1-3H3,(H3,17,19,20). The number of anilines is 1. The van der Waals surface area contributed by atoms with Gasteiger partial charge in [0, 0.05) is 19.4 Å². The van der Waals surface area contributed by atoms with Gasteiger partial charge in [0.1, 0.15) is 5.69 Å². The molecule has 0 fully saturated rings. The summed E-state index contributed by atoms with van der Waals surface area (Å²) in [4.78, 5) is 4.37. The van der Waals surface area contributed by atoms with Crippen LogP contribution in [0.5, 0.6) is 0 Å². The predicted octanol–water partition coefficient (Wildman–Crippen LogP) is 3.18. The number of nitrogens with two attached hydrogens (primary N) is 1. The average Bonchev–Trinajstić information content (AvgIpc) is 3.04. The minimum Gasteiger partial charge on any atom is -0.382 e. The Balaban J connectivity index is 2.10. The van der Waals surface area contributed by atoms with E-state index in [1.807, 2.05) is 17.8 Å². The molecule has 0 atom stereocenters. The van der Waals surface area contributed by atoms with Crippen LogP contribution in [0.1, 0.15) is 25.3 Å². The van der Waals surface area contributed by atoms with Crippen LogP contribution in [0.2, 0.25) is 0 Å². The van der Waals surface area contributed by atoms with Crippen LogP contribution in [0, 0.1) is 0 Å². The highest BCUT2D eigenvalue weighted by atomic mass is 15.2. The number of nitrogens with zero attached hydrogens (tertiary/aromatic N) is 3. The normalized spacial score (nSPS) is 11.2. The Bertz CT molecular complexity index is 749. The number of hydrogen-bond acceptors (Lipinski definition) is 3. The SMILES string of the molecule is CC(C)c1ccc(-c2c(N)n[nH]c2-c2nccn2C)cc1. The molecule has 0 amide bonds. The molecule has 5 nitrogen and oxygen atoms in total. The van der Waals surface area contributed by atoms with Crippen molar-refractivity contribution in [1.82, 2.24) is 19.7 Å². The van der Waals surface area contributed by atoms with Crippen LogP contribution in [-0.4, -0.2) is 19.7 Å². The number of aryl methyl sites for hydroxylation is 1. The van der Waals surface area contributed by atoms with E-state index in [1.54, 1.807) is 6.20 Å². The van der Waals surface area contributed by atoms with Crippen LogP contribution in [-0.2, 0) is 7.05 Å². The first-order valence-electron chi connectivity index (χ1n) is 6.99. The van der Waals surface area contributed by atoms with Crippen molar-refractivity contribution >= 4 is 5.82 Å². The summed E-state index contributed by atoms with van der Waals surface area (Å²) in [7, 11) is 1.95. The maximum Gasteiger partial charge on any atom is 0.158 e. The maximum absolute atomic E-state index is 6.05. The molecule has 0 bridgehead atoms. The zero-order valence-corrected chi connectivity index (χ0v) is 12.5. The Morgan fingerprint density at radius 3 is 2.48 bits per heavy atom. The van der Waals surface area contributed by atoms with Gasteiger partial charge in [-0.2, -0.15) is 5.10 Å². The van der Waals surface area contributed by atoms with Crippen LogP contribution < -0.4 is 5.73 Å². The minimum absolute atomic E-state index is 0.491. The van der Waals surface area contributed by atoms with Crippen LogP contribution in [0.15, 0.2) is 36.7 Å². The van der Waals surface area contributed by atoms with Crippen molar-refractivity contribution < 1.29 is 0 Å². The first kappa shape index (κ1) is 13.4. The van der Waals surface area contributed by atoms with Gasteiger partial charge < -0.3 is 10.3 Å². The molecule has 1 aromatic carbocycles. The zero-order chi connectivity index (χ0) is 15.0. The molecule has 0 saturated heterocycles. The first-order valence-corrected chi connectivity index (χ1v) is 6.99. The molecule has 5 heteroatoms. The summed E-state index contributed by atoms with van der Waals surface area (Å²) in [5, 5.41) is 7.14.